The van der Waals surface area contributed by atoms with E-state index in [1.165, 1.54) is 18.5 Å². The normalized spacial score (nSPS) is 10.0. The number of anilines is 1. The molecule has 1 aromatic heterocycles. The number of nitrogens with zero attached hydrogens (tertiary/aromatic N) is 2. The Kier molecular flexibility index (Phi) is 5.74. The van der Waals surface area contributed by atoms with E-state index in [1.807, 2.05) is 0 Å². The van der Waals surface area contributed by atoms with Crippen LogP contribution in [0.25, 0.3) is 0 Å². The molecule has 0 aliphatic carbocycles. The van der Waals surface area contributed by atoms with Gasteiger partial charge >= 0.3 is 5.97 Å². The van der Waals surface area contributed by atoms with Gasteiger partial charge in [0.1, 0.15) is 0 Å². The van der Waals surface area contributed by atoms with Crippen LogP contribution in [0.4, 0.5) is 5.69 Å². The molecule has 19 heavy (non-hydrogen) atoms. The number of nitrogens with one attached hydrogen (secondary N) is 1. The van der Waals surface area contributed by atoms with Crippen LogP contribution in [0, 0.1) is 0 Å². The summed E-state index contributed by atoms with van der Waals surface area (Å²) in [5.74, 6) is -1.26. The number of methoxy groups -OCH3 is 1. The maximum atomic E-state index is 11.6. The molecule has 1 rings (SSSR count). The Morgan fingerprint density at radius 1 is 1.53 bits per heavy atom. The molecular formula is C12H17N3O4. The second-order valence-electron chi connectivity index (χ2n) is 3.90. The SMILES string of the molecule is COCCNC(=O)CN(C)c1cnccc1C(=O)O. The molecule has 1 aromatic rings. The van der Waals surface area contributed by atoms with Gasteiger partial charge < -0.3 is 20.1 Å². The van der Waals surface area contributed by atoms with E-state index in [4.69, 9.17) is 9.84 Å². The first-order valence-electron chi connectivity index (χ1n) is 5.70. The van der Waals surface area contributed by atoms with Gasteiger partial charge in [0.25, 0.3) is 0 Å². The van der Waals surface area contributed by atoms with E-state index in [2.05, 4.69) is 10.3 Å². The average Bonchev–Trinajstić information content (AvgIpc) is 2.39. The summed E-state index contributed by atoms with van der Waals surface area (Å²) in [4.78, 5) is 28.1. The monoisotopic (exact) mass is 267 g/mol. The van der Waals surface area contributed by atoms with Crippen molar-refractivity contribution in [2.24, 2.45) is 0 Å². The third-order valence-corrected chi connectivity index (χ3v) is 2.45. The van der Waals surface area contributed by atoms with E-state index in [9.17, 15) is 9.59 Å². The molecular weight excluding hydrogens is 250 g/mol. The molecule has 0 spiro atoms. The Morgan fingerprint density at radius 2 is 2.26 bits per heavy atom. The minimum atomic E-state index is -1.05. The van der Waals surface area contributed by atoms with Gasteiger partial charge in [0.15, 0.2) is 0 Å². The summed E-state index contributed by atoms with van der Waals surface area (Å²) in [7, 11) is 3.19. The highest BCUT2D eigenvalue weighted by Gasteiger charge is 2.15. The highest BCUT2D eigenvalue weighted by molar-refractivity contribution is 5.95. The number of carbonyl (C=O) groups excluding carboxylic acids is 1. The number of likely N-dealkylation sites (N-methyl/N-ethyl adjacent to an activating group) is 1. The fourth-order valence-electron chi connectivity index (χ4n) is 1.52. The Morgan fingerprint density at radius 3 is 2.89 bits per heavy atom. The maximum Gasteiger partial charge on any atom is 0.337 e. The smallest absolute Gasteiger partial charge is 0.337 e. The van der Waals surface area contributed by atoms with E-state index in [-0.39, 0.29) is 18.0 Å². The standard InChI is InChI=1S/C12H17N3O4/c1-15(8-11(16)14-5-6-19-2)10-7-13-4-3-9(10)12(17)18/h3-4,7H,5-6,8H2,1-2H3,(H,14,16)(H,17,18). The van der Waals surface area contributed by atoms with Crippen molar-refractivity contribution in [2.45, 2.75) is 0 Å². The fourth-order valence-corrected chi connectivity index (χ4v) is 1.52. The van der Waals surface area contributed by atoms with Crippen LogP contribution >= 0.6 is 0 Å². The molecule has 0 radical (unpaired) electrons. The quantitative estimate of drug-likeness (QED) is 0.674. The molecule has 0 saturated heterocycles. The third kappa shape index (κ3) is 4.55. The molecule has 0 aliphatic rings. The molecule has 0 unspecified atom stereocenters. The van der Waals surface area contributed by atoms with Crippen LogP contribution in [-0.4, -0.2) is 55.8 Å². The number of pyridine rings is 1. The van der Waals surface area contributed by atoms with Crippen molar-refractivity contribution < 1.29 is 19.4 Å². The number of ether oxygens (including phenoxy) is 1. The molecule has 7 nitrogen and oxygen atoms in total. The first-order chi connectivity index (χ1) is 9.06. The lowest BCUT2D eigenvalue weighted by molar-refractivity contribution is -0.119. The Labute approximate surface area is 111 Å². The van der Waals surface area contributed by atoms with Crippen molar-refractivity contribution in [1.82, 2.24) is 10.3 Å². The maximum absolute atomic E-state index is 11.6. The molecule has 104 valence electrons. The zero-order valence-corrected chi connectivity index (χ0v) is 10.9. The number of carboxylic acids is 1. The summed E-state index contributed by atoms with van der Waals surface area (Å²) in [6.07, 6.45) is 2.82. The predicted octanol–water partition coefficient (Wildman–Crippen LogP) is -0.0214. The van der Waals surface area contributed by atoms with E-state index < -0.39 is 5.97 Å². The number of amides is 1. The molecule has 2 N–H and O–H groups in total. The van der Waals surface area contributed by atoms with Crippen molar-refractivity contribution in [3.05, 3.63) is 24.0 Å². The summed E-state index contributed by atoms with van der Waals surface area (Å²) >= 11 is 0. The van der Waals surface area contributed by atoms with Crippen LogP contribution in [0.2, 0.25) is 0 Å². The van der Waals surface area contributed by atoms with Crippen LogP contribution in [0.5, 0.6) is 0 Å². The number of hydrogen-bond donors (Lipinski definition) is 2. The lowest BCUT2D eigenvalue weighted by Crippen LogP contribution is -2.37. The highest BCUT2D eigenvalue weighted by Crippen LogP contribution is 2.17. The van der Waals surface area contributed by atoms with Gasteiger partial charge in [-0.3, -0.25) is 9.78 Å². The molecule has 7 heteroatoms. The molecule has 0 fully saturated rings. The first-order valence-corrected chi connectivity index (χ1v) is 5.70. The van der Waals surface area contributed by atoms with Gasteiger partial charge in [0.2, 0.25) is 5.91 Å². The van der Waals surface area contributed by atoms with Crippen molar-refractivity contribution in [1.29, 1.82) is 0 Å². The highest BCUT2D eigenvalue weighted by atomic mass is 16.5. The molecule has 1 amide bonds. The van der Waals surface area contributed by atoms with E-state index in [0.29, 0.717) is 18.8 Å². The molecule has 0 bridgehead atoms. The van der Waals surface area contributed by atoms with Crippen LogP contribution in [0.15, 0.2) is 18.5 Å². The van der Waals surface area contributed by atoms with Gasteiger partial charge in [-0.05, 0) is 6.07 Å². The molecule has 0 saturated carbocycles. The van der Waals surface area contributed by atoms with Crippen molar-refractivity contribution in [3.63, 3.8) is 0 Å². The predicted molar refractivity (Wildman–Crippen MR) is 69.4 cm³/mol. The van der Waals surface area contributed by atoms with Crippen LogP contribution in [0.1, 0.15) is 10.4 Å². The second-order valence-corrected chi connectivity index (χ2v) is 3.90. The van der Waals surface area contributed by atoms with Gasteiger partial charge in [-0.2, -0.15) is 0 Å². The summed E-state index contributed by atoms with van der Waals surface area (Å²) in [5.41, 5.74) is 0.513. The van der Waals surface area contributed by atoms with Crippen molar-refractivity contribution >= 4 is 17.6 Å². The fraction of sp³-hybridized carbons (Fsp3) is 0.417. The van der Waals surface area contributed by atoms with Gasteiger partial charge in [0.05, 0.1) is 30.6 Å². The summed E-state index contributed by atoms with van der Waals surface area (Å²) in [6, 6.07) is 1.40. The zero-order chi connectivity index (χ0) is 14.3. The van der Waals surface area contributed by atoms with E-state index in [1.54, 1.807) is 19.1 Å². The van der Waals surface area contributed by atoms with Crippen molar-refractivity contribution in [2.75, 3.05) is 38.8 Å². The van der Waals surface area contributed by atoms with Gasteiger partial charge in [-0.25, -0.2) is 4.79 Å². The lowest BCUT2D eigenvalue weighted by Gasteiger charge is -2.20. The van der Waals surface area contributed by atoms with E-state index >= 15 is 0 Å². The van der Waals surface area contributed by atoms with Crippen LogP contribution in [-0.2, 0) is 9.53 Å². The third-order valence-electron chi connectivity index (χ3n) is 2.45. The number of carbonyl (C=O) groups is 2. The number of rotatable bonds is 7. The molecule has 0 aromatic carbocycles. The minimum Gasteiger partial charge on any atom is -0.478 e. The largest absolute Gasteiger partial charge is 0.478 e. The Balaban J connectivity index is 2.65. The van der Waals surface area contributed by atoms with Gasteiger partial charge in [-0.1, -0.05) is 0 Å². The number of hydrogen-bond acceptors (Lipinski definition) is 5. The van der Waals surface area contributed by atoms with Crippen LogP contribution in [0.3, 0.4) is 0 Å². The van der Waals surface area contributed by atoms with Crippen LogP contribution < -0.4 is 10.2 Å². The zero-order valence-electron chi connectivity index (χ0n) is 10.9. The lowest BCUT2D eigenvalue weighted by atomic mass is 10.2. The average molecular weight is 267 g/mol. The molecule has 0 atom stereocenters. The Bertz CT molecular complexity index is 450. The Hall–Kier alpha value is -2.15. The number of aromatic nitrogens is 1. The summed E-state index contributed by atoms with van der Waals surface area (Å²) < 4.78 is 4.82. The topological polar surface area (TPSA) is 91.8 Å². The summed E-state index contributed by atoms with van der Waals surface area (Å²) in [5, 5.41) is 11.7. The molecule has 0 aliphatic heterocycles. The second kappa shape index (κ2) is 7.32. The first kappa shape index (κ1) is 14.9. The van der Waals surface area contributed by atoms with Gasteiger partial charge in [0, 0.05) is 26.9 Å². The van der Waals surface area contributed by atoms with E-state index in [0.717, 1.165) is 0 Å². The molecule has 1 heterocycles. The summed E-state index contributed by atoms with van der Waals surface area (Å²) in [6.45, 7) is 0.903. The number of aromatic carboxylic acids is 1. The van der Waals surface area contributed by atoms with Gasteiger partial charge in [-0.15, -0.1) is 0 Å². The number of carboxylic acid groups (broad SMARTS) is 1. The van der Waals surface area contributed by atoms with Crippen molar-refractivity contribution in [3.8, 4) is 0 Å². The minimum absolute atomic E-state index is 0.0513.